The highest BCUT2D eigenvalue weighted by Crippen LogP contribution is 2.31. The van der Waals surface area contributed by atoms with Gasteiger partial charge in [0, 0.05) is 5.56 Å². The van der Waals surface area contributed by atoms with Crippen LogP contribution in [0.4, 0.5) is 8.78 Å². The van der Waals surface area contributed by atoms with Crippen LogP contribution in [0.5, 0.6) is 0 Å². The molecule has 14 heavy (non-hydrogen) atoms. The second-order valence-electron chi connectivity index (χ2n) is 3.90. The molecule has 1 aromatic rings. The van der Waals surface area contributed by atoms with Crippen molar-refractivity contribution in [3.05, 3.63) is 35.4 Å². The average Bonchev–Trinajstić information content (AvgIpc) is 2.09. The molecule has 1 unspecified atom stereocenters. The van der Waals surface area contributed by atoms with Crippen LogP contribution in [0, 0.1) is 17.6 Å². The Morgan fingerprint density at radius 3 is 2.36 bits per heavy atom. The first kappa shape index (κ1) is 11.1. The van der Waals surface area contributed by atoms with E-state index in [1.54, 1.807) is 13.8 Å². The van der Waals surface area contributed by atoms with E-state index in [0.29, 0.717) is 0 Å². The molecular formula is C11H14F2O. The molecule has 1 rings (SSSR count). The predicted molar refractivity (Wildman–Crippen MR) is 50.8 cm³/mol. The lowest BCUT2D eigenvalue weighted by atomic mass is 9.85. The molecule has 0 aliphatic carbocycles. The third-order valence-electron chi connectivity index (χ3n) is 2.62. The van der Waals surface area contributed by atoms with Gasteiger partial charge in [0.2, 0.25) is 0 Å². The minimum atomic E-state index is -1.34. The van der Waals surface area contributed by atoms with Gasteiger partial charge in [0.15, 0.2) is 11.6 Å². The van der Waals surface area contributed by atoms with Gasteiger partial charge in [-0.3, -0.25) is 0 Å². The molecular weight excluding hydrogens is 186 g/mol. The van der Waals surface area contributed by atoms with Gasteiger partial charge >= 0.3 is 0 Å². The summed E-state index contributed by atoms with van der Waals surface area (Å²) in [6.07, 6.45) is 0. The average molecular weight is 200 g/mol. The van der Waals surface area contributed by atoms with Crippen molar-refractivity contribution < 1.29 is 13.9 Å². The smallest absolute Gasteiger partial charge is 0.164 e. The summed E-state index contributed by atoms with van der Waals surface area (Å²) in [4.78, 5) is 0. The maximum atomic E-state index is 13.3. The highest BCUT2D eigenvalue weighted by atomic mass is 19.2. The number of hydrogen-bond donors (Lipinski definition) is 1. The van der Waals surface area contributed by atoms with Crippen LogP contribution in [0.3, 0.4) is 0 Å². The Labute approximate surface area is 82.4 Å². The van der Waals surface area contributed by atoms with Crippen molar-refractivity contribution in [2.24, 2.45) is 5.92 Å². The highest BCUT2D eigenvalue weighted by molar-refractivity contribution is 5.25. The van der Waals surface area contributed by atoms with Crippen LogP contribution in [0.1, 0.15) is 26.3 Å². The first-order chi connectivity index (χ1) is 6.37. The number of aliphatic hydroxyl groups is 1. The maximum Gasteiger partial charge on any atom is 0.164 e. The van der Waals surface area contributed by atoms with E-state index in [4.69, 9.17) is 0 Å². The Hall–Kier alpha value is -0.960. The Bertz CT molecular complexity index is 332. The summed E-state index contributed by atoms with van der Waals surface area (Å²) in [5.41, 5.74) is -1.33. The lowest BCUT2D eigenvalue weighted by molar-refractivity contribution is 0.00517. The molecule has 1 atom stereocenters. The van der Waals surface area contributed by atoms with Gasteiger partial charge in [-0.1, -0.05) is 26.0 Å². The summed E-state index contributed by atoms with van der Waals surface area (Å²) < 4.78 is 26.2. The minimum Gasteiger partial charge on any atom is -0.385 e. The fourth-order valence-electron chi connectivity index (χ4n) is 1.21. The molecule has 1 nitrogen and oxygen atoms in total. The molecule has 0 bridgehead atoms. The molecule has 3 heteroatoms. The van der Waals surface area contributed by atoms with Crippen LogP contribution in [0.15, 0.2) is 18.2 Å². The van der Waals surface area contributed by atoms with Crippen molar-refractivity contribution >= 4 is 0 Å². The van der Waals surface area contributed by atoms with Crippen molar-refractivity contribution in [2.75, 3.05) is 0 Å². The summed E-state index contributed by atoms with van der Waals surface area (Å²) in [5, 5.41) is 9.96. The Morgan fingerprint density at radius 2 is 1.86 bits per heavy atom. The monoisotopic (exact) mass is 200 g/mol. The van der Waals surface area contributed by atoms with Gasteiger partial charge < -0.3 is 5.11 Å². The molecule has 0 aliphatic rings. The standard InChI is InChI=1S/C11H14F2O/c1-7(2)11(3,14)8-5-4-6-9(12)10(8)13/h4-7,14H,1-3H3. The van der Waals surface area contributed by atoms with Crippen molar-refractivity contribution in [3.8, 4) is 0 Å². The summed E-state index contributed by atoms with van der Waals surface area (Å²) >= 11 is 0. The van der Waals surface area contributed by atoms with Crippen LogP contribution in [0.25, 0.3) is 0 Å². The maximum absolute atomic E-state index is 13.3. The van der Waals surface area contributed by atoms with Crippen molar-refractivity contribution in [1.82, 2.24) is 0 Å². The summed E-state index contributed by atoms with van der Waals surface area (Å²) in [6, 6.07) is 3.83. The Kier molecular flexibility index (Phi) is 2.90. The van der Waals surface area contributed by atoms with Crippen LogP contribution in [0.2, 0.25) is 0 Å². The van der Waals surface area contributed by atoms with E-state index in [9.17, 15) is 13.9 Å². The largest absolute Gasteiger partial charge is 0.385 e. The van der Waals surface area contributed by atoms with Gasteiger partial charge in [-0.25, -0.2) is 8.78 Å². The van der Waals surface area contributed by atoms with Gasteiger partial charge in [0.05, 0.1) is 5.60 Å². The summed E-state index contributed by atoms with van der Waals surface area (Å²) in [6.45, 7) is 4.99. The molecule has 0 aromatic heterocycles. The molecule has 0 saturated carbocycles. The first-order valence-electron chi connectivity index (χ1n) is 4.54. The molecule has 0 radical (unpaired) electrons. The molecule has 0 heterocycles. The van der Waals surface area contributed by atoms with Gasteiger partial charge in [-0.15, -0.1) is 0 Å². The van der Waals surface area contributed by atoms with E-state index < -0.39 is 17.2 Å². The van der Waals surface area contributed by atoms with Crippen molar-refractivity contribution in [3.63, 3.8) is 0 Å². The fourth-order valence-corrected chi connectivity index (χ4v) is 1.21. The molecule has 0 aliphatic heterocycles. The molecule has 1 aromatic carbocycles. The van der Waals surface area contributed by atoms with Crippen molar-refractivity contribution in [2.45, 2.75) is 26.4 Å². The lowest BCUT2D eigenvalue weighted by Crippen LogP contribution is -2.29. The highest BCUT2D eigenvalue weighted by Gasteiger charge is 2.31. The zero-order chi connectivity index (χ0) is 10.9. The second kappa shape index (κ2) is 3.65. The molecule has 0 saturated heterocycles. The number of hydrogen-bond acceptors (Lipinski definition) is 1. The topological polar surface area (TPSA) is 20.2 Å². The van der Waals surface area contributed by atoms with Gasteiger partial charge in [0.1, 0.15) is 0 Å². The number of halogens is 2. The van der Waals surface area contributed by atoms with E-state index in [-0.39, 0.29) is 11.5 Å². The minimum absolute atomic E-state index is 0.00694. The van der Waals surface area contributed by atoms with E-state index >= 15 is 0 Å². The number of benzene rings is 1. The van der Waals surface area contributed by atoms with E-state index in [0.717, 1.165) is 6.07 Å². The van der Waals surface area contributed by atoms with Gasteiger partial charge in [-0.05, 0) is 18.9 Å². The van der Waals surface area contributed by atoms with Crippen LogP contribution < -0.4 is 0 Å². The zero-order valence-electron chi connectivity index (χ0n) is 8.51. The van der Waals surface area contributed by atoms with E-state index in [1.165, 1.54) is 19.1 Å². The first-order valence-corrected chi connectivity index (χ1v) is 4.54. The second-order valence-corrected chi connectivity index (χ2v) is 3.90. The fraction of sp³-hybridized carbons (Fsp3) is 0.455. The molecule has 0 amide bonds. The lowest BCUT2D eigenvalue weighted by Gasteiger charge is -2.28. The molecule has 1 N–H and O–H groups in total. The molecule has 78 valence electrons. The quantitative estimate of drug-likeness (QED) is 0.778. The molecule has 0 spiro atoms. The predicted octanol–water partition coefficient (Wildman–Crippen LogP) is 2.83. The van der Waals surface area contributed by atoms with E-state index in [2.05, 4.69) is 0 Å². The van der Waals surface area contributed by atoms with Crippen LogP contribution >= 0.6 is 0 Å². The summed E-state index contributed by atoms with van der Waals surface area (Å²) in [7, 11) is 0. The Balaban J connectivity index is 3.26. The van der Waals surface area contributed by atoms with Gasteiger partial charge in [-0.2, -0.15) is 0 Å². The number of rotatable bonds is 2. The normalized spacial score (nSPS) is 15.6. The Morgan fingerprint density at radius 1 is 1.29 bits per heavy atom. The zero-order valence-corrected chi connectivity index (χ0v) is 8.51. The molecule has 0 fully saturated rings. The summed E-state index contributed by atoms with van der Waals surface area (Å²) in [5.74, 6) is -2.08. The van der Waals surface area contributed by atoms with Crippen molar-refractivity contribution in [1.29, 1.82) is 0 Å². The van der Waals surface area contributed by atoms with E-state index in [1.807, 2.05) is 0 Å². The van der Waals surface area contributed by atoms with Crippen LogP contribution in [-0.4, -0.2) is 5.11 Å². The SMILES string of the molecule is CC(C)C(C)(O)c1cccc(F)c1F. The van der Waals surface area contributed by atoms with Crippen LogP contribution in [-0.2, 0) is 5.60 Å². The van der Waals surface area contributed by atoms with Gasteiger partial charge in [0.25, 0.3) is 0 Å². The third kappa shape index (κ3) is 1.77. The third-order valence-corrected chi connectivity index (χ3v) is 2.62.